The number of carbonyl (C=O) groups is 2. The van der Waals surface area contributed by atoms with Crippen molar-refractivity contribution < 1.29 is 14.3 Å². The fraction of sp³-hybridized carbons (Fsp3) is 0.167. The van der Waals surface area contributed by atoms with Gasteiger partial charge in [-0.05, 0) is 55.6 Å². The number of rotatable bonds is 7. The number of benzene rings is 3. The summed E-state index contributed by atoms with van der Waals surface area (Å²) in [6.45, 7) is 0.961. The van der Waals surface area contributed by atoms with E-state index in [1.165, 1.54) is 6.07 Å². The number of nitrogens with zero attached hydrogens (tertiary/aromatic N) is 1. The predicted octanol–water partition coefficient (Wildman–Crippen LogP) is 5.40. The molecule has 3 aromatic rings. The molecule has 0 bridgehead atoms. The number of anilines is 2. The molecule has 2 amide bonds. The predicted molar refractivity (Wildman–Crippen MR) is 123 cm³/mol. The van der Waals surface area contributed by atoms with Crippen LogP contribution in [0.25, 0.3) is 0 Å². The molecule has 0 atom stereocenters. The van der Waals surface area contributed by atoms with Crippen molar-refractivity contribution in [2.45, 2.75) is 13.2 Å². The largest absolute Gasteiger partial charge is 0.444 e. The van der Waals surface area contributed by atoms with E-state index in [1.807, 2.05) is 68.7 Å². The molecule has 7 heteroatoms. The smallest absolute Gasteiger partial charge is 0.411 e. The summed E-state index contributed by atoms with van der Waals surface area (Å²) < 4.78 is 5.21. The molecule has 0 fully saturated rings. The normalized spacial score (nSPS) is 10.6. The SMILES string of the molecule is CN(C)Cc1ccc(NC(=O)c2cc(Cl)cc(NC(=O)OCc3ccccc3)c2)cc1. The zero-order valence-electron chi connectivity index (χ0n) is 17.4. The van der Waals surface area contributed by atoms with Crippen molar-refractivity contribution in [2.24, 2.45) is 0 Å². The Morgan fingerprint density at radius 2 is 1.58 bits per heavy atom. The van der Waals surface area contributed by atoms with Gasteiger partial charge in [-0.3, -0.25) is 10.1 Å². The summed E-state index contributed by atoms with van der Waals surface area (Å²) in [5.41, 5.74) is 3.39. The summed E-state index contributed by atoms with van der Waals surface area (Å²) >= 11 is 6.15. The van der Waals surface area contributed by atoms with Crippen molar-refractivity contribution in [3.8, 4) is 0 Å². The molecule has 2 N–H and O–H groups in total. The lowest BCUT2D eigenvalue weighted by Gasteiger charge is -2.12. The summed E-state index contributed by atoms with van der Waals surface area (Å²) in [6.07, 6.45) is -0.631. The van der Waals surface area contributed by atoms with Crippen LogP contribution in [0, 0.1) is 0 Å². The van der Waals surface area contributed by atoms with Crippen molar-refractivity contribution in [1.29, 1.82) is 0 Å². The van der Waals surface area contributed by atoms with Crippen molar-refractivity contribution in [3.63, 3.8) is 0 Å². The highest BCUT2D eigenvalue weighted by Crippen LogP contribution is 2.21. The highest BCUT2D eigenvalue weighted by Gasteiger charge is 2.11. The van der Waals surface area contributed by atoms with Crippen molar-refractivity contribution in [2.75, 3.05) is 24.7 Å². The molecule has 0 saturated heterocycles. The minimum absolute atomic E-state index is 0.143. The minimum Gasteiger partial charge on any atom is -0.444 e. The molecular weight excluding hydrogens is 414 g/mol. The Bertz CT molecular complexity index is 1040. The van der Waals surface area contributed by atoms with Crippen LogP contribution < -0.4 is 10.6 Å². The molecule has 0 unspecified atom stereocenters. The molecule has 31 heavy (non-hydrogen) atoms. The van der Waals surface area contributed by atoms with Crippen molar-refractivity contribution >= 4 is 35.0 Å². The van der Waals surface area contributed by atoms with E-state index < -0.39 is 6.09 Å². The summed E-state index contributed by atoms with van der Waals surface area (Å²) in [4.78, 5) is 26.8. The first kappa shape index (κ1) is 22.3. The Labute approximate surface area is 186 Å². The van der Waals surface area contributed by atoms with Crippen LogP contribution in [0.1, 0.15) is 21.5 Å². The lowest BCUT2D eigenvalue weighted by Crippen LogP contribution is -2.16. The molecule has 3 aromatic carbocycles. The molecule has 0 aliphatic rings. The van der Waals surface area contributed by atoms with Crippen LogP contribution in [0.3, 0.4) is 0 Å². The van der Waals surface area contributed by atoms with Gasteiger partial charge in [0, 0.05) is 28.5 Å². The van der Waals surface area contributed by atoms with Gasteiger partial charge < -0.3 is 15.0 Å². The monoisotopic (exact) mass is 437 g/mol. The van der Waals surface area contributed by atoms with Gasteiger partial charge in [0.2, 0.25) is 0 Å². The average molecular weight is 438 g/mol. The highest BCUT2D eigenvalue weighted by atomic mass is 35.5. The molecule has 160 valence electrons. The third kappa shape index (κ3) is 7.13. The Kier molecular flexibility index (Phi) is 7.65. The molecular formula is C24H24ClN3O3. The fourth-order valence-corrected chi connectivity index (χ4v) is 3.17. The van der Waals surface area contributed by atoms with Crippen LogP contribution >= 0.6 is 11.6 Å². The van der Waals surface area contributed by atoms with Crippen LogP contribution in [0.5, 0.6) is 0 Å². The first-order valence-electron chi connectivity index (χ1n) is 9.72. The maximum atomic E-state index is 12.7. The number of ether oxygens (including phenoxy) is 1. The van der Waals surface area contributed by atoms with Gasteiger partial charge in [0.25, 0.3) is 5.91 Å². The van der Waals surface area contributed by atoms with E-state index in [1.54, 1.807) is 12.1 Å². The van der Waals surface area contributed by atoms with E-state index in [-0.39, 0.29) is 12.5 Å². The first-order valence-corrected chi connectivity index (χ1v) is 10.1. The molecule has 0 radical (unpaired) electrons. The molecule has 0 spiro atoms. The number of amides is 2. The van der Waals surface area contributed by atoms with Gasteiger partial charge in [-0.15, -0.1) is 0 Å². The van der Waals surface area contributed by atoms with Gasteiger partial charge in [-0.1, -0.05) is 54.1 Å². The number of carbonyl (C=O) groups excluding carboxylic acids is 2. The zero-order chi connectivity index (χ0) is 22.2. The number of halogens is 1. The lowest BCUT2D eigenvalue weighted by molar-refractivity contribution is 0.102. The van der Waals surface area contributed by atoms with Crippen LogP contribution in [-0.4, -0.2) is 31.0 Å². The van der Waals surface area contributed by atoms with E-state index in [0.717, 1.165) is 17.7 Å². The Morgan fingerprint density at radius 3 is 2.26 bits per heavy atom. The fourth-order valence-electron chi connectivity index (χ4n) is 2.93. The molecule has 3 rings (SSSR count). The summed E-state index contributed by atoms with van der Waals surface area (Å²) in [6, 6.07) is 21.6. The Hall–Kier alpha value is -3.35. The van der Waals surface area contributed by atoms with E-state index in [4.69, 9.17) is 16.3 Å². The molecule has 0 aromatic heterocycles. The zero-order valence-corrected chi connectivity index (χ0v) is 18.1. The first-order chi connectivity index (χ1) is 14.9. The van der Waals surface area contributed by atoms with Gasteiger partial charge in [0.05, 0.1) is 0 Å². The summed E-state index contributed by atoms with van der Waals surface area (Å²) in [7, 11) is 4.00. The van der Waals surface area contributed by atoms with Crippen LogP contribution in [0.2, 0.25) is 5.02 Å². The van der Waals surface area contributed by atoms with E-state index in [9.17, 15) is 9.59 Å². The quantitative estimate of drug-likeness (QED) is 0.519. The molecule has 6 nitrogen and oxygen atoms in total. The van der Waals surface area contributed by atoms with Crippen molar-refractivity contribution in [1.82, 2.24) is 4.90 Å². The van der Waals surface area contributed by atoms with E-state index >= 15 is 0 Å². The Morgan fingerprint density at radius 1 is 0.871 bits per heavy atom. The summed E-state index contributed by atoms with van der Waals surface area (Å²) in [5.74, 6) is -0.330. The molecule has 0 aliphatic heterocycles. The summed E-state index contributed by atoms with van der Waals surface area (Å²) in [5, 5.41) is 5.77. The van der Waals surface area contributed by atoms with Gasteiger partial charge in [-0.2, -0.15) is 0 Å². The third-order valence-corrected chi connectivity index (χ3v) is 4.55. The Balaban J connectivity index is 1.61. The number of nitrogens with one attached hydrogen (secondary N) is 2. The number of hydrogen-bond acceptors (Lipinski definition) is 4. The highest BCUT2D eigenvalue weighted by molar-refractivity contribution is 6.31. The van der Waals surface area contributed by atoms with Crippen LogP contribution in [0.4, 0.5) is 16.2 Å². The topological polar surface area (TPSA) is 70.7 Å². The van der Waals surface area contributed by atoms with Crippen molar-refractivity contribution in [3.05, 3.63) is 94.5 Å². The van der Waals surface area contributed by atoms with Gasteiger partial charge in [-0.25, -0.2) is 4.79 Å². The van der Waals surface area contributed by atoms with E-state index in [2.05, 4.69) is 15.5 Å². The molecule has 0 aliphatic carbocycles. The van der Waals surface area contributed by atoms with Gasteiger partial charge in [0.1, 0.15) is 6.61 Å². The molecule has 0 saturated carbocycles. The second kappa shape index (κ2) is 10.6. The number of hydrogen-bond donors (Lipinski definition) is 2. The van der Waals surface area contributed by atoms with E-state index in [0.29, 0.717) is 22.0 Å². The minimum atomic E-state index is -0.631. The van der Waals surface area contributed by atoms with Crippen LogP contribution in [0.15, 0.2) is 72.8 Å². The van der Waals surface area contributed by atoms with Crippen LogP contribution in [-0.2, 0) is 17.9 Å². The second-order valence-electron chi connectivity index (χ2n) is 7.30. The second-order valence-corrected chi connectivity index (χ2v) is 7.74. The maximum absolute atomic E-state index is 12.7. The average Bonchev–Trinajstić information content (AvgIpc) is 2.73. The van der Waals surface area contributed by atoms with Gasteiger partial charge in [0.15, 0.2) is 0 Å². The maximum Gasteiger partial charge on any atom is 0.411 e. The third-order valence-electron chi connectivity index (χ3n) is 4.33. The standard InChI is InChI=1S/C24H24ClN3O3/c1-28(2)15-17-8-10-21(11-9-17)26-23(29)19-12-20(25)14-22(13-19)27-24(30)31-16-18-6-4-3-5-7-18/h3-14H,15-16H2,1-2H3,(H,26,29)(H,27,30). The molecule has 0 heterocycles. The lowest BCUT2D eigenvalue weighted by atomic mass is 10.1. The van der Waals surface area contributed by atoms with Gasteiger partial charge >= 0.3 is 6.09 Å².